The monoisotopic (exact) mass is 316 g/mol. The van der Waals surface area contributed by atoms with Gasteiger partial charge in [-0.05, 0) is 30.2 Å². The van der Waals surface area contributed by atoms with Gasteiger partial charge in [-0.15, -0.1) is 0 Å². The summed E-state index contributed by atoms with van der Waals surface area (Å²) >= 11 is 17.9. The van der Waals surface area contributed by atoms with E-state index in [1.807, 2.05) is 13.0 Å². The number of hydrogen-bond donors (Lipinski definition) is 1. The van der Waals surface area contributed by atoms with E-state index in [0.717, 1.165) is 11.1 Å². The van der Waals surface area contributed by atoms with E-state index in [4.69, 9.17) is 44.6 Å². The van der Waals surface area contributed by atoms with Crippen molar-refractivity contribution < 1.29 is 9.84 Å². The molecule has 0 amide bonds. The summed E-state index contributed by atoms with van der Waals surface area (Å²) in [5, 5.41) is 10.2. The summed E-state index contributed by atoms with van der Waals surface area (Å²) in [4.78, 5) is 0. The number of ether oxygens (including phenoxy) is 1. The summed E-state index contributed by atoms with van der Waals surface area (Å²) in [7, 11) is 0. The minimum absolute atomic E-state index is 0.00531. The Bertz CT molecular complexity index is 612. The normalized spacial score (nSPS) is 10.6. The van der Waals surface area contributed by atoms with Crippen LogP contribution in [0.15, 0.2) is 30.3 Å². The molecular weight excluding hydrogens is 307 g/mol. The van der Waals surface area contributed by atoms with E-state index >= 15 is 0 Å². The van der Waals surface area contributed by atoms with Crippen molar-refractivity contribution in [2.45, 2.75) is 13.5 Å². The Morgan fingerprint density at radius 3 is 2.26 bits per heavy atom. The Balaban J connectivity index is 2.33. The molecule has 0 aliphatic rings. The summed E-state index contributed by atoms with van der Waals surface area (Å²) in [6, 6.07) is 8.53. The molecule has 19 heavy (non-hydrogen) atoms. The Kier molecular flexibility index (Phi) is 4.58. The molecule has 0 heterocycles. The van der Waals surface area contributed by atoms with Crippen LogP contribution >= 0.6 is 34.8 Å². The number of rotatable bonds is 3. The first kappa shape index (κ1) is 14.5. The van der Waals surface area contributed by atoms with E-state index in [1.54, 1.807) is 18.2 Å². The largest absolute Gasteiger partial charge is 0.455 e. The molecule has 0 spiro atoms. The number of hydrogen-bond acceptors (Lipinski definition) is 2. The summed E-state index contributed by atoms with van der Waals surface area (Å²) in [5.41, 5.74) is 1.72. The molecule has 2 aromatic rings. The van der Waals surface area contributed by atoms with Gasteiger partial charge in [-0.2, -0.15) is 0 Å². The molecule has 0 saturated heterocycles. The fraction of sp³-hybridized carbons (Fsp3) is 0.143. The van der Waals surface area contributed by atoms with Crippen LogP contribution in [0.3, 0.4) is 0 Å². The Morgan fingerprint density at radius 2 is 1.63 bits per heavy atom. The maximum Gasteiger partial charge on any atom is 0.147 e. The molecule has 0 aromatic heterocycles. The lowest BCUT2D eigenvalue weighted by molar-refractivity contribution is 0.281. The second-order valence-corrected chi connectivity index (χ2v) is 5.28. The fourth-order valence-corrected chi connectivity index (χ4v) is 2.20. The molecule has 2 rings (SSSR count). The van der Waals surface area contributed by atoms with E-state index in [2.05, 4.69) is 0 Å². The van der Waals surface area contributed by atoms with Crippen LogP contribution in [0.5, 0.6) is 11.5 Å². The molecule has 0 aliphatic heterocycles. The lowest BCUT2D eigenvalue weighted by Gasteiger charge is -2.12. The highest BCUT2D eigenvalue weighted by atomic mass is 35.5. The van der Waals surface area contributed by atoms with E-state index in [9.17, 15) is 0 Å². The van der Waals surface area contributed by atoms with Gasteiger partial charge in [0.15, 0.2) is 0 Å². The van der Waals surface area contributed by atoms with Gasteiger partial charge in [-0.1, -0.05) is 46.9 Å². The number of aryl methyl sites for hydroxylation is 1. The molecular formula is C14H11Cl3O2. The SMILES string of the molecule is Cc1cc(CO)ccc1Oc1cc(Cl)c(Cl)cc1Cl. The quantitative estimate of drug-likeness (QED) is 0.784. The molecule has 2 nitrogen and oxygen atoms in total. The van der Waals surface area contributed by atoms with Crippen molar-refractivity contribution in [3.05, 3.63) is 56.5 Å². The first-order chi connectivity index (χ1) is 9.01. The third-order valence-electron chi connectivity index (χ3n) is 2.62. The van der Waals surface area contributed by atoms with Crippen LogP contribution in [0.2, 0.25) is 15.1 Å². The lowest BCUT2D eigenvalue weighted by Crippen LogP contribution is -1.91. The summed E-state index contributed by atoms with van der Waals surface area (Å²) in [6.07, 6.45) is 0. The van der Waals surface area contributed by atoms with Gasteiger partial charge < -0.3 is 9.84 Å². The van der Waals surface area contributed by atoms with E-state index in [-0.39, 0.29) is 6.61 Å². The van der Waals surface area contributed by atoms with E-state index < -0.39 is 0 Å². The Hall–Kier alpha value is -0.930. The summed E-state index contributed by atoms with van der Waals surface area (Å²) in [5.74, 6) is 1.09. The standard InChI is InChI=1S/C14H11Cl3O2/c1-8-4-9(7-18)2-3-13(8)19-14-6-11(16)10(15)5-12(14)17/h2-6,18H,7H2,1H3. The maximum atomic E-state index is 9.06. The van der Waals surface area contributed by atoms with Gasteiger partial charge in [-0.25, -0.2) is 0 Å². The molecule has 0 radical (unpaired) electrons. The molecule has 2 aromatic carbocycles. The molecule has 1 N–H and O–H groups in total. The van der Waals surface area contributed by atoms with Crippen LogP contribution in [-0.4, -0.2) is 5.11 Å². The minimum atomic E-state index is -0.00531. The Morgan fingerprint density at radius 1 is 0.947 bits per heavy atom. The van der Waals surface area contributed by atoms with Crippen LogP contribution in [0.1, 0.15) is 11.1 Å². The van der Waals surface area contributed by atoms with E-state index in [0.29, 0.717) is 26.6 Å². The van der Waals surface area contributed by atoms with Crippen molar-refractivity contribution in [3.8, 4) is 11.5 Å². The van der Waals surface area contributed by atoms with Crippen LogP contribution < -0.4 is 4.74 Å². The predicted molar refractivity (Wildman–Crippen MR) is 78.6 cm³/mol. The van der Waals surface area contributed by atoms with Crippen LogP contribution in [-0.2, 0) is 6.61 Å². The highest BCUT2D eigenvalue weighted by molar-refractivity contribution is 6.43. The smallest absolute Gasteiger partial charge is 0.147 e. The molecule has 0 unspecified atom stereocenters. The molecule has 0 bridgehead atoms. The van der Waals surface area contributed by atoms with Gasteiger partial charge >= 0.3 is 0 Å². The lowest BCUT2D eigenvalue weighted by atomic mass is 10.1. The second-order valence-electron chi connectivity index (χ2n) is 4.06. The number of aliphatic hydroxyl groups is 1. The topological polar surface area (TPSA) is 29.5 Å². The van der Waals surface area contributed by atoms with Crippen molar-refractivity contribution in [1.29, 1.82) is 0 Å². The number of aliphatic hydroxyl groups excluding tert-OH is 1. The van der Waals surface area contributed by atoms with Crippen molar-refractivity contribution in [2.24, 2.45) is 0 Å². The van der Waals surface area contributed by atoms with Gasteiger partial charge in [0.05, 0.1) is 21.7 Å². The number of halogens is 3. The van der Waals surface area contributed by atoms with Crippen molar-refractivity contribution in [1.82, 2.24) is 0 Å². The predicted octanol–water partition coefficient (Wildman–Crippen LogP) is 5.24. The summed E-state index contributed by atoms with van der Waals surface area (Å²) in [6.45, 7) is 1.88. The van der Waals surface area contributed by atoms with Crippen molar-refractivity contribution in [2.75, 3.05) is 0 Å². The zero-order valence-corrected chi connectivity index (χ0v) is 12.4. The third-order valence-corrected chi connectivity index (χ3v) is 3.63. The summed E-state index contributed by atoms with van der Waals surface area (Å²) < 4.78 is 5.72. The molecule has 0 atom stereocenters. The number of benzene rings is 2. The van der Waals surface area contributed by atoms with Crippen LogP contribution in [0, 0.1) is 6.92 Å². The van der Waals surface area contributed by atoms with Gasteiger partial charge in [0.1, 0.15) is 11.5 Å². The van der Waals surface area contributed by atoms with Crippen LogP contribution in [0.4, 0.5) is 0 Å². The molecule has 0 fully saturated rings. The Labute approximate surface area is 126 Å². The van der Waals surface area contributed by atoms with Gasteiger partial charge in [-0.3, -0.25) is 0 Å². The highest BCUT2D eigenvalue weighted by Crippen LogP contribution is 2.37. The van der Waals surface area contributed by atoms with Crippen LogP contribution in [0.25, 0.3) is 0 Å². The van der Waals surface area contributed by atoms with E-state index in [1.165, 1.54) is 6.07 Å². The third kappa shape index (κ3) is 3.34. The average Bonchev–Trinajstić information content (AvgIpc) is 2.38. The highest BCUT2D eigenvalue weighted by Gasteiger charge is 2.09. The molecule has 0 aliphatic carbocycles. The molecule has 100 valence electrons. The first-order valence-electron chi connectivity index (χ1n) is 5.54. The van der Waals surface area contributed by atoms with Crippen molar-refractivity contribution >= 4 is 34.8 Å². The minimum Gasteiger partial charge on any atom is -0.455 e. The van der Waals surface area contributed by atoms with Gasteiger partial charge in [0.2, 0.25) is 0 Å². The fourth-order valence-electron chi connectivity index (χ4n) is 1.63. The first-order valence-corrected chi connectivity index (χ1v) is 6.67. The maximum absolute atomic E-state index is 9.06. The van der Waals surface area contributed by atoms with Crippen molar-refractivity contribution in [3.63, 3.8) is 0 Å². The molecule has 0 saturated carbocycles. The zero-order valence-electron chi connectivity index (χ0n) is 10.1. The van der Waals surface area contributed by atoms with Gasteiger partial charge in [0, 0.05) is 6.07 Å². The second kappa shape index (κ2) is 6.02. The molecule has 5 heteroatoms. The average molecular weight is 318 g/mol. The zero-order chi connectivity index (χ0) is 14.0. The van der Waals surface area contributed by atoms with Gasteiger partial charge in [0.25, 0.3) is 0 Å².